The Kier molecular flexibility index (Phi) is 12.0. The third-order valence-electron chi connectivity index (χ3n) is 12.6. The first kappa shape index (κ1) is 43.6. The van der Waals surface area contributed by atoms with Crippen molar-refractivity contribution in [1.82, 2.24) is 10.3 Å². The minimum absolute atomic E-state index is 0.0364. The maximum absolute atomic E-state index is 14.7. The summed E-state index contributed by atoms with van der Waals surface area (Å²) < 4.78 is 24.4. The number of phenols is 1. The number of amides is 1. The molecule has 1 aromatic heterocycles. The van der Waals surface area contributed by atoms with Gasteiger partial charge in [-0.3, -0.25) is 14.4 Å². The zero-order chi connectivity index (χ0) is 44.2. The highest BCUT2D eigenvalue weighted by Gasteiger charge is 2.44. The van der Waals surface area contributed by atoms with E-state index in [1.165, 1.54) is 52.4 Å². The number of anilines is 2. The van der Waals surface area contributed by atoms with E-state index in [1.807, 2.05) is 4.90 Å². The Balaban J connectivity index is 1.49. The second-order valence-corrected chi connectivity index (χ2v) is 16.7. The molecule has 0 spiro atoms. The monoisotopic (exact) mass is 842 g/mol. The van der Waals surface area contributed by atoms with Crippen molar-refractivity contribution in [3.05, 3.63) is 79.5 Å². The lowest BCUT2D eigenvalue weighted by molar-refractivity contribution is -0.112. The van der Waals surface area contributed by atoms with Crippen LogP contribution in [0.3, 0.4) is 0 Å². The van der Waals surface area contributed by atoms with E-state index in [1.54, 1.807) is 45.9 Å². The largest absolute Gasteiger partial charge is 0.507 e. The van der Waals surface area contributed by atoms with E-state index in [9.17, 15) is 39.9 Å². The first-order chi connectivity index (χ1) is 28.9. The van der Waals surface area contributed by atoms with Crippen LogP contribution in [0.15, 0.2) is 62.3 Å². The Morgan fingerprint density at radius 2 is 1.57 bits per heavy atom. The molecular weight excluding hydrogens is 789 g/mol. The first-order valence-corrected chi connectivity index (χ1v) is 20.5. The van der Waals surface area contributed by atoms with Crippen LogP contribution >= 0.6 is 0 Å². The molecule has 16 nitrogen and oxygen atoms in total. The van der Waals surface area contributed by atoms with Gasteiger partial charge >= 0.3 is 5.79 Å². The highest BCUT2D eigenvalue weighted by molar-refractivity contribution is 6.16. The fraction of sp³-hybridized carbons (Fsp3) is 0.467. The quantitative estimate of drug-likeness (QED) is 0.113. The van der Waals surface area contributed by atoms with Crippen molar-refractivity contribution in [2.75, 3.05) is 43.5 Å². The smallest absolute Gasteiger partial charge is 0.307 e. The van der Waals surface area contributed by atoms with E-state index in [0.717, 1.165) is 0 Å². The summed E-state index contributed by atoms with van der Waals surface area (Å²) in [5.41, 5.74) is -1.32. The summed E-state index contributed by atoms with van der Waals surface area (Å²) >= 11 is 0. The number of allylic oxidation sites excluding steroid dienone is 2. The van der Waals surface area contributed by atoms with Crippen LogP contribution in [0.2, 0.25) is 0 Å². The molecule has 3 aliphatic heterocycles. The number of benzene rings is 3. The summed E-state index contributed by atoms with van der Waals surface area (Å²) in [7, 11) is 1.44. The molecule has 9 atom stereocenters. The summed E-state index contributed by atoms with van der Waals surface area (Å²) in [4.78, 5) is 49.2. The van der Waals surface area contributed by atoms with Crippen molar-refractivity contribution in [2.24, 2.45) is 23.7 Å². The van der Waals surface area contributed by atoms with Crippen LogP contribution in [0.5, 0.6) is 11.5 Å². The number of aromatic hydroxyl groups is 1. The van der Waals surface area contributed by atoms with Gasteiger partial charge in [-0.05, 0) is 19.9 Å². The number of aliphatic hydroxyl groups excluding tert-OH is 4. The number of carbonyl (C=O) groups excluding carboxylic acids is 1. The number of nitrogens with zero attached hydrogens (tertiary/aromatic N) is 2. The molecule has 1 amide bonds. The molecule has 0 unspecified atom stereocenters. The second kappa shape index (κ2) is 16.7. The van der Waals surface area contributed by atoms with Crippen LogP contribution in [0, 0.1) is 30.6 Å². The number of rotatable bonds is 2. The number of aromatic nitrogens is 1. The maximum Gasteiger partial charge on any atom is 0.307 e. The molecule has 1 saturated heterocycles. The number of nitrogens with one attached hydrogen (secondary N) is 2. The molecule has 3 aromatic carbocycles. The molecule has 16 heteroatoms. The lowest BCUT2D eigenvalue weighted by Gasteiger charge is -2.36. The van der Waals surface area contributed by atoms with Crippen LogP contribution in [0.1, 0.15) is 47.1 Å². The lowest BCUT2D eigenvalue weighted by Crippen LogP contribution is -2.44. The number of piperazine rings is 1. The summed E-state index contributed by atoms with van der Waals surface area (Å²) in [6.45, 7) is 14.0. The average Bonchev–Trinajstić information content (AvgIpc) is 3.52. The minimum atomic E-state index is -1.95. The third-order valence-corrected chi connectivity index (χ3v) is 12.6. The summed E-state index contributed by atoms with van der Waals surface area (Å²) in [6.07, 6.45) is 3.47. The Bertz CT molecular complexity index is 2670. The predicted molar refractivity (Wildman–Crippen MR) is 231 cm³/mol. The van der Waals surface area contributed by atoms with E-state index in [4.69, 9.17) is 23.6 Å². The Morgan fingerprint density at radius 3 is 2.26 bits per heavy atom. The van der Waals surface area contributed by atoms with E-state index in [-0.39, 0.29) is 60.8 Å². The molecule has 0 saturated carbocycles. The minimum Gasteiger partial charge on any atom is -0.507 e. The molecule has 4 aromatic rings. The average molecular weight is 843 g/mol. The molecule has 4 bridgehead atoms. The Morgan fingerprint density at radius 1 is 0.902 bits per heavy atom. The number of aliphatic hydroxyl groups is 4. The first-order valence-electron chi connectivity index (χ1n) is 20.5. The number of ether oxygens (including phenoxy) is 3. The molecular formula is C45H54N4O12. The SMILES string of the molecule is CO[C@H]1C=CO[C@@]2(C)Oc3c(C)c(O)c4c(=O)c(c5oc6cc(N7CCNCC7)cc(=O)c6nc5c4c3=C2O)NC(=O)C(C)=CC=C[C@H](C)[C@H](O)[C@@H](C)[C@@H](O)[C@@H](C)[C@H](O)[C@@H]1C. The van der Waals surface area contributed by atoms with Crippen LogP contribution < -0.4 is 36.3 Å². The molecule has 3 aliphatic rings. The zero-order valence-electron chi connectivity index (χ0n) is 35.5. The molecule has 61 heavy (non-hydrogen) atoms. The topological polar surface area (TPSA) is 233 Å². The van der Waals surface area contributed by atoms with E-state index in [2.05, 4.69) is 10.6 Å². The number of hydrogen-bond donors (Lipinski definition) is 7. The van der Waals surface area contributed by atoms with Gasteiger partial charge in [0, 0.05) is 98.2 Å². The van der Waals surface area contributed by atoms with Crippen molar-refractivity contribution in [2.45, 2.75) is 78.7 Å². The predicted octanol–water partition coefficient (Wildman–Crippen LogP) is 3.40. The van der Waals surface area contributed by atoms with Gasteiger partial charge in [0.15, 0.2) is 22.4 Å². The zero-order valence-corrected chi connectivity index (χ0v) is 35.5. The second-order valence-electron chi connectivity index (χ2n) is 16.7. The van der Waals surface area contributed by atoms with Gasteiger partial charge < -0.3 is 59.7 Å². The van der Waals surface area contributed by atoms with Gasteiger partial charge in [-0.25, -0.2) is 4.98 Å². The van der Waals surface area contributed by atoms with Gasteiger partial charge in [0.1, 0.15) is 22.7 Å². The molecule has 0 radical (unpaired) electrons. The van der Waals surface area contributed by atoms with E-state index >= 15 is 0 Å². The van der Waals surface area contributed by atoms with Gasteiger partial charge in [0.05, 0.1) is 41.3 Å². The normalized spacial score (nSPS) is 29.3. The molecule has 7 rings (SSSR count). The summed E-state index contributed by atoms with van der Waals surface area (Å²) in [5.74, 6) is -6.19. The van der Waals surface area contributed by atoms with E-state index < -0.39 is 82.1 Å². The van der Waals surface area contributed by atoms with Crippen molar-refractivity contribution in [3.8, 4) is 11.5 Å². The maximum atomic E-state index is 14.7. The highest BCUT2D eigenvalue weighted by atomic mass is 16.7. The van der Waals surface area contributed by atoms with Crippen LogP contribution in [0.25, 0.3) is 38.7 Å². The van der Waals surface area contributed by atoms with Gasteiger partial charge in [0.2, 0.25) is 10.9 Å². The van der Waals surface area contributed by atoms with Gasteiger partial charge in [-0.2, -0.15) is 0 Å². The van der Waals surface area contributed by atoms with Gasteiger partial charge in [-0.1, -0.05) is 45.9 Å². The standard InChI is InChI=1S/C45H54N4O12/c1-20-10-9-11-21(2)44(57)48-35-40(55)31-30(34-42(35)60-29-19-26(18-27(50)33(29)47-34)49-15-13-46-14-16-49)32-41(25(6)39(31)54)61-45(7,43(32)56)59-17-12-28(58-8)22(3)37(52)24(5)38(53)23(4)36(20)51/h9-12,17-20,22-24,28,36-38,46,51-54,56H,13-16H2,1-8H3,(H,48,57)/t20-,22+,23+,24-,28-,36-,37+,38+,45-/m0/s1. The van der Waals surface area contributed by atoms with Crippen molar-refractivity contribution in [3.63, 3.8) is 0 Å². The van der Waals surface area contributed by atoms with E-state index in [0.29, 0.717) is 31.9 Å². The molecule has 1 fully saturated rings. The van der Waals surface area contributed by atoms with Crippen LogP contribution in [0.4, 0.5) is 11.4 Å². The highest BCUT2D eigenvalue weighted by Crippen LogP contribution is 2.42. The molecule has 326 valence electrons. The van der Waals surface area contributed by atoms with Crippen molar-refractivity contribution >= 4 is 56.0 Å². The number of hydrogen-bond acceptors (Lipinski definition) is 15. The fourth-order valence-electron chi connectivity index (χ4n) is 8.59. The van der Waals surface area contributed by atoms with Crippen LogP contribution in [-0.2, 0) is 14.3 Å². The number of fused-ring (bicyclic) bond motifs is 2. The summed E-state index contributed by atoms with van der Waals surface area (Å²) in [5, 5.41) is 63.2. The fourth-order valence-corrected chi connectivity index (χ4v) is 8.59. The summed E-state index contributed by atoms with van der Waals surface area (Å²) in [6, 6.07) is 3.10. The Labute approximate surface area is 351 Å². The lowest BCUT2D eigenvalue weighted by atomic mass is 9.78. The molecule has 4 heterocycles. The Hall–Kier alpha value is -5.52. The molecule has 0 aliphatic carbocycles. The molecule has 7 N–H and O–H groups in total. The number of methoxy groups -OCH3 is 1. The number of carbonyl (C=O) groups is 1. The van der Waals surface area contributed by atoms with Gasteiger partial charge in [0.25, 0.3) is 5.91 Å². The van der Waals surface area contributed by atoms with Crippen molar-refractivity contribution in [1.29, 1.82) is 0 Å². The van der Waals surface area contributed by atoms with Gasteiger partial charge in [-0.15, -0.1) is 0 Å². The number of phenolic OH excluding ortho intramolecular Hbond substituents is 1. The van der Waals surface area contributed by atoms with Crippen molar-refractivity contribution < 1.29 is 49.0 Å². The van der Waals surface area contributed by atoms with Crippen LogP contribution in [-0.4, -0.2) is 99.9 Å². The third kappa shape index (κ3) is 7.60.